The number of hydrazone groups is 1. The van der Waals surface area contributed by atoms with Crippen LogP contribution in [0.1, 0.15) is 19.6 Å². The molecule has 0 saturated heterocycles. The fraction of sp³-hybridized carbons (Fsp3) is 0.174. The Kier molecular flexibility index (Phi) is 7.16. The number of furan rings is 1. The van der Waals surface area contributed by atoms with E-state index in [1.807, 2.05) is 47.9 Å². The molecule has 1 N–H and O–H groups in total. The maximum Gasteiger partial charge on any atom is 0.250 e. The van der Waals surface area contributed by atoms with E-state index >= 15 is 0 Å². The Morgan fingerprint density at radius 1 is 1.18 bits per heavy atom. The molecular weight excluding hydrogens is 440 g/mol. The number of ether oxygens (including phenoxy) is 1. The SMILES string of the molecule is CCOc1ccc(-n2c(SCC(=O)N/N=C(/C)c3ccco3)nnc2-c2cccnc2)cc1. The van der Waals surface area contributed by atoms with Crippen molar-refractivity contribution >= 4 is 23.4 Å². The zero-order valence-electron chi connectivity index (χ0n) is 18.1. The number of hydrogen-bond acceptors (Lipinski definition) is 8. The number of carbonyl (C=O) groups is 1. The van der Waals surface area contributed by atoms with E-state index in [9.17, 15) is 4.79 Å². The number of benzene rings is 1. The van der Waals surface area contributed by atoms with Crippen LogP contribution in [-0.4, -0.2) is 43.7 Å². The summed E-state index contributed by atoms with van der Waals surface area (Å²) in [5.41, 5.74) is 4.78. The van der Waals surface area contributed by atoms with Crippen molar-refractivity contribution in [3.05, 3.63) is 72.9 Å². The van der Waals surface area contributed by atoms with Crippen LogP contribution < -0.4 is 10.2 Å². The van der Waals surface area contributed by atoms with Gasteiger partial charge in [-0.15, -0.1) is 10.2 Å². The third-order valence-electron chi connectivity index (χ3n) is 4.52. The molecule has 168 valence electrons. The van der Waals surface area contributed by atoms with Crippen LogP contribution in [0.5, 0.6) is 5.75 Å². The number of amides is 1. The topological polar surface area (TPSA) is 107 Å². The van der Waals surface area contributed by atoms with Crippen LogP contribution in [0.15, 0.2) is 81.9 Å². The fourth-order valence-corrected chi connectivity index (χ4v) is 3.73. The van der Waals surface area contributed by atoms with Gasteiger partial charge in [0.05, 0.1) is 18.6 Å². The van der Waals surface area contributed by atoms with E-state index in [2.05, 4.69) is 25.7 Å². The summed E-state index contributed by atoms with van der Waals surface area (Å²) in [6.45, 7) is 4.29. The summed E-state index contributed by atoms with van der Waals surface area (Å²) in [5.74, 6) is 1.84. The molecule has 1 amide bonds. The van der Waals surface area contributed by atoms with E-state index in [0.717, 1.165) is 17.0 Å². The Labute approximate surface area is 194 Å². The molecule has 0 spiro atoms. The lowest BCUT2D eigenvalue weighted by atomic mass is 10.2. The van der Waals surface area contributed by atoms with Gasteiger partial charge in [-0.1, -0.05) is 11.8 Å². The Bertz CT molecular complexity index is 1220. The number of aromatic nitrogens is 4. The number of hydrogen-bond donors (Lipinski definition) is 1. The van der Waals surface area contributed by atoms with Gasteiger partial charge in [0.15, 0.2) is 11.0 Å². The van der Waals surface area contributed by atoms with E-state index < -0.39 is 0 Å². The van der Waals surface area contributed by atoms with Crippen molar-refractivity contribution in [3.8, 4) is 22.8 Å². The summed E-state index contributed by atoms with van der Waals surface area (Å²) in [7, 11) is 0. The van der Waals surface area contributed by atoms with Gasteiger partial charge in [0.25, 0.3) is 5.91 Å². The highest BCUT2D eigenvalue weighted by molar-refractivity contribution is 7.99. The molecule has 10 heteroatoms. The summed E-state index contributed by atoms with van der Waals surface area (Å²) in [5, 5.41) is 13.3. The molecule has 0 bridgehead atoms. The molecule has 0 aliphatic heterocycles. The van der Waals surface area contributed by atoms with Crippen LogP contribution in [0.4, 0.5) is 0 Å². The summed E-state index contributed by atoms with van der Waals surface area (Å²) >= 11 is 1.26. The standard InChI is InChI=1S/C23H22N6O3S/c1-3-31-19-10-8-18(9-11-19)29-22(17-6-4-12-24-14-17)27-28-23(29)33-15-21(30)26-25-16(2)20-7-5-13-32-20/h4-14H,3,15H2,1-2H3,(H,26,30)/b25-16-. The molecule has 0 saturated carbocycles. The number of nitrogens with one attached hydrogen (secondary N) is 1. The van der Waals surface area contributed by atoms with Gasteiger partial charge in [-0.2, -0.15) is 5.10 Å². The van der Waals surface area contributed by atoms with Gasteiger partial charge in [0.2, 0.25) is 0 Å². The summed E-state index contributed by atoms with van der Waals surface area (Å²) in [6.07, 6.45) is 4.98. The molecule has 0 unspecified atom stereocenters. The first-order valence-electron chi connectivity index (χ1n) is 10.2. The van der Waals surface area contributed by atoms with Crippen LogP contribution in [-0.2, 0) is 4.79 Å². The highest BCUT2D eigenvalue weighted by Gasteiger charge is 2.17. The van der Waals surface area contributed by atoms with Gasteiger partial charge in [-0.05, 0) is 62.4 Å². The molecule has 0 aliphatic rings. The van der Waals surface area contributed by atoms with Crippen molar-refractivity contribution in [1.29, 1.82) is 0 Å². The molecule has 9 nitrogen and oxygen atoms in total. The van der Waals surface area contributed by atoms with Gasteiger partial charge >= 0.3 is 0 Å². The van der Waals surface area contributed by atoms with Crippen LogP contribution in [0, 0.1) is 0 Å². The third kappa shape index (κ3) is 5.47. The van der Waals surface area contributed by atoms with E-state index in [0.29, 0.717) is 29.1 Å². The first-order chi connectivity index (χ1) is 16.2. The molecule has 1 aromatic carbocycles. The summed E-state index contributed by atoms with van der Waals surface area (Å²) < 4.78 is 12.7. The molecule has 0 atom stereocenters. The first kappa shape index (κ1) is 22.3. The predicted molar refractivity (Wildman–Crippen MR) is 126 cm³/mol. The maximum absolute atomic E-state index is 12.4. The van der Waals surface area contributed by atoms with E-state index in [4.69, 9.17) is 9.15 Å². The molecule has 0 radical (unpaired) electrons. The lowest BCUT2D eigenvalue weighted by Crippen LogP contribution is -2.21. The maximum atomic E-state index is 12.4. The molecule has 3 heterocycles. The summed E-state index contributed by atoms with van der Waals surface area (Å²) in [4.78, 5) is 16.6. The number of thioether (sulfide) groups is 1. The van der Waals surface area contributed by atoms with E-state index in [1.165, 1.54) is 11.8 Å². The average Bonchev–Trinajstić information content (AvgIpc) is 3.53. The zero-order chi connectivity index (χ0) is 23.0. The average molecular weight is 463 g/mol. The molecule has 3 aromatic heterocycles. The minimum Gasteiger partial charge on any atom is -0.494 e. The highest BCUT2D eigenvalue weighted by atomic mass is 32.2. The van der Waals surface area contributed by atoms with Crippen LogP contribution >= 0.6 is 11.8 Å². The number of carbonyl (C=O) groups excluding carboxylic acids is 1. The van der Waals surface area contributed by atoms with Crippen molar-refractivity contribution in [2.24, 2.45) is 5.10 Å². The molecule has 0 aliphatic carbocycles. The Morgan fingerprint density at radius 2 is 2.03 bits per heavy atom. The molecule has 4 aromatic rings. The minimum absolute atomic E-state index is 0.108. The third-order valence-corrected chi connectivity index (χ3v) is 5.45. The van der Waals surface area contributed by atoms with Crippen molar-refractivity contribution in [2.45, 2.75) is 19.0 Å². The lowest BCUT2D eigenvalue weighted by Gasteiger charge is -2.11. The molecule has 4 rings (SSSR count). The number of pyridine rings is 1. The van der Waals surface area contributed by atoms with Gasteiger partial charge < -0.3 is 9.15 Å². The highest BCUT2D eigenvalue weighted by Crippen LogP contribution is 2.28. The minimum atomic E-state index is -0.268. The van der Waals surface area contributed by atoms with Crippen LogP contribution in [0.3, 0.4) is 0 Å². The smallest absolute Gasteiger partial charge is 0.250 e. The van der Waals surface area contributed by atoms with Gasteiger partial charge in [-0.3, -0.25) is 14.3 Å². The Hall–Kier alpha value is -3.92. The van der Waals surface area contributed by atoms with Crippen molar-refractivity contribution in [1.82, 2.24) is 25.2 Å². The predicted octanol–water partition coefficient (Wildman–Crippen LogP) is 3.95. The number of rotatable bonds is 9. The second kappa shape index (κ2) is 10.6. The van der Waals surface area contributed by atoms with Gasteiger partial charge in [-0.25, -0.2) is 5.43 Å². The van der Waals surface area contributed by atoms with Crippen molar-refractivity contribution in [2.75, 3.05) is 12.4 Å². The second-order valence-electron chi connectivity index (χ2n) is 6.81. The largest absolute Gasteiger partial charge is 0.494 e. The van der Waals surface area contributed by atoms with Crippen LogP contribution in [0.25, 0.3) is 17.1 Å². The lowest BCUT2D eigenvalue weighted by molar-refractivity contribution is -0.118. The Morgan fingerprint density at radius 3 is 2.73 bits per heavy atom. The van der Waals surface area contributed by atoms with E-state index in [1.54, 1.807) is 37.7 Å². The number of nitrogens with zero attached hydrogens (tertiary/aromatic N) is 5. The second-order valence-corrected chi connectivity index (χ2v) is 7.75. The monoisotopic (exact) mass is 462 g/mol. The van der Waals surface area contributed by atoms with Crippen molar-refractivity contribution in [3.63, 3.8) is 0 Å². The Balaban J connectivity index is 1.54. The first-order valence-corrected chi connectivity index (χ1v) is 11.2. The zero-order valence-corrected chi connectivity index (χ0v) is 19.0. The van der Waals surface area contributed by atoms with E-state index in [-0.39, 0.29) is 11.7 Å². The van der Waals surface area contributed by atoms with Gasteiger partial charge in [0, 0.05) is 23.6 Å². The fourth-order valence-electron chi connectivity index (χ4n) is 2.98. The van der Waals surface area contributed by atoms with Crippen LogP contribution in [0.2, 0.25) is 0 Å². The molecular formula is C23H22N6O3S. The van der Waals surface area contributed by atoms with Gasteiger partial charge in [0.1, 0.15) is 17.2 Å². The van der Waals surface area contributed by atoms with Crippen molar-refractivity contribution < 1.29 is 13.9 Å². The summed E-state index contributed by atoms with van der Waals surface area (Å²) in [6, 6.07) is 14.9. The normalized spacial score (nSPS) is 11.4. The molecule has 33 heavy (non-hydrogen) atoms. The quantitative estimate of drug-likeness (QED) is 0.228. The molecule has 0 fully saturated rings.